The Morgan fingerprint density at radius 1 is 1.00 bits per heavy atom. The molecule has 2 rings (SSSR count). The number of benzene rings is 2. The summed E-state index contributed by atoms with van der Waals surface area (Å²) < 4.78 is 4.97. The van der Waals surface area contributed by atoms with Crippen molar-refractivity contribution in [2.75, 3.05) is 7.11 Å². The van der Waals surface area contributed by atoms with Gasteiger partial charge in [-0.05, 0) is 37.4 Å². The molecule has 0 aliphatic rings. The normalized spacial score (nSPS) is 9.00. The van der Waals surface area contributed by atoms with E-state index in [4.69, 9.17) is 10.00 Å². The molecule has 2 aromatic carbocycles. The second-order valence-corrected chi connectivity index (χ2v) is 4.84. The van der Waals surface area contributed by atoms with Crippen LogP contribution in [0, 0.1) is 25.2 Å². The van der Waals surface area contributed by atoms with Crippen molar-refractivity contribution in [3.05, 3.63) is 59.2 Å². The Bertz CT molecular complexity index is 549. The smallest absolute Gasteiger partial charge is 0.119 e. The Morgan fingerprint density at radius 3 is 1.89 bits per heavy atom. The van der Waals surface area contributed by atoms with Gasteiger partial charge in [-0.3, -0.25) is 0 Å². The van der Waals surface area contributed by atoms with E-state index in [2.05, 4.69) is 53.4 Å². The van der Waals surface area contributed by atoms with Crippen molar-refractivity contribution in [1.29, 1.82) is 5.26 Å². The first-order valence-corrected chi connectivity index (χ1v) is 6.51. The minimum atomic E-state index is 0.663. The molecule has 1 unspecified atom stereocenters. The highest BCUT2D eigenvalue weighted by molar-refractivity contribution is 7.27. The van der Waals surface area contributed by atoms with Gasteiger partial charge in [0.2, 0.25) is 0 Å². The maximum Gasteiger partial charge on any atom is 0.119 e. The van der Waals surface area contributed by atoms with E-state index in [1.807, 2.05) is 6.07 Å². The molecular weight excluding hydrogens is 253 g/mol. The summed E-state index contributed by atoms with van der Waals surface area (Å²) in [6.45, 7) is 4.19. The highest BCUT2D eigenvalue weighted by atomic mass is 31.0. The van der Waals surface area contributed by atoms with E-state index in [-0.39, 0.29) is 0 Å². The molecular formula is C16H18NOP. The van der Waals surface area contributed by atoms with Crippen LogP contribution in [0.2, 0.25) is 0 Å². The van der Waals surface area contributed by atoms with E-state index in [1.54, 1.807) is 19.2 Å². The molecule has 1 atom stereocenters. The first kappa shape index (κ1) is 15.2. The summed E-state index contributed by atoms with van der Waals surface area (Å²) in [5.74, 6) is 0.772. The lowest BCUT2D eigenvalue weighted by molar-refractivity contribution is 0.415. The molecule has 19 heavy (non-hydrogen) atoms. The van der Waals surface area contributed by atoms with Crippen molar-refractivity contribution in [1.82, 2.24) is 0 Å². The number of methoxy groups -OCH3 is 1. The van der Waals surface area contributed by atoms with E-state index in [9.17, 15) is 0 Å². The van der Waals surface area contributed by atoms with Gasteiger partial charge in [-0.15, -0.1) is 9.24 Å². The van der Waals surface area contributed by atoms with Crippen LogP contribution >= 0.6 is 9.24 Å². The van der Waals surface area contributed by atoms with E-state index >= 15 is 0 Å². The number of hydrogen-bond acceptors (Lipinski definition) is 2. The lowest BCUT2D eigenvalue weighted by atomic mass is 10.2. The fraction of sp³-hybridized carbons (Fsp3) is 0.188. The highest BCUT2D eigenvalue weighted by Crippen LogP contribution is 2.10. The van der Waals surface area contributed by atoms with Crippen LogP contribution in [-0.2, 0) is 0 Å². The molecule has 0 heterocycles. The molecule has 0 amide bonds. The second-order valence-electron chi connectivity index (χ2n) is 4.22. The average Bonchev–Trinajstić information content (AvgIpc) is 2.42. The molecule has 2 aromatic rings. The monoisotopic (exact) mass is 271 g/mol. The van der Waals surface area contributed by atoms with Crippen LogP contribution in [0.3, 0.4) is 0 Å². The Kier molecular flexibility index (Phi) is 6.06. The standard InChI is InChI=1S/C8H8NOP.C8H10/c1-10-7-3-2-6(5-9)8(11)4-7;1-7-3-5-8(2)6-4-7/h2-4H,11H2,1H3;3-6H,1-2H3. The van der Waals surface area contributed by atoms with Crippen molar-refractivity contribution >= 4 is 14.5 Å². The molecule has 0 spiro atoms. The van der Waals surface area contributed by atoms with Crippen molar-refractivity contribution in [2.24, 2.45) is 0 Å². The van der Waals surface area contributed by atoms with Crippen LogP contribution in [0.15, 0.2) is 42.5 Å². The fourth-order valence-corrected chi connectivity index (χ4v) is 1.73. The Hall–Kier alpha value is -1.84. The molecule has 0 bridgehead atoms. The average molecular weight is 271 g/mol. The molecule has 0 saturated carbocycles. The van der Waals surface area contributed by atoms with Crippen molar-refractivity contribution in [3.63, 3.8) is 0 Å². The van der Waals surface area contributed by atoms with Crippen molar-refractivity contribution in [3.8, 4) is 11.8 Å². The largest absolute Gasteiger partial charge is 0.497 e. The van der Waals surface area contributed by atoms with Gasteiger partial charge in [0, 0.05) is 0 Å². The van der Waals surface area contributed by atoms with Gasteiger partial charge in [0.1, 0.15) is 5.75 Å². The maximum atomic E-state index is 8.58. The number of hydrogen-bond donors (Lipinski definition) is 0. The summed E-state index contributed by atoms with van der Waals surface area (Å²) in [4.78, 5) is 0. The number of ether oxygens (including phenoxy) is 1. The van der Waals surface area contributed by atoms with Crippen LogP contribution in [0.25, 0.3) is 0 Å². The topological polar surface area (TPSA) is 33.0 Å². The summed E-state index contributed by atoms with van der Waals surface area (Å²) in [5.41, 5.74) is 3.32. The lowest BCUT2D eigenvalue weighted by Gasteiger charge is -2.00. The molecule has 0 aliphatic carbocycles. The third-order valence-corrected chi connectivity index (χ3v) is 3.08. The second kappa shape index (κ2) is 7.56. The predicted molar refractivity (Wildman–Crippen MR) is 83.0 cm³/mol. The summed E-state index contributed by atoms with van der Waals surface area (Å²) >= 11 is 0. The molecule has 98 valence electrons. The zero-order valence-electron chi connectivity index (χ0n) is 11.5. The van der Waals surface area contributed by atoms with Crippen LogP contribution in [0.4, 0.5) is 0 Å². The Labute approximate surface area is 117 Å². The first-order valence-electron chi connectivity index (χ1n) is 5.93. The molecule has 0 N–H and O–H groups in total. The number of nitrogens with zero attached hydrogens (tertiary/aromatic N) is 1. The Balaban J connectivity index is 0.000000200. The third-order valence-electron chi connectivity index (χ3n) is 2.60. The SMILES string of the molecule is COc1ccc(C#N)c(P)c1.Cc1ccc(C)cc1. The summed E-state index contributed by atoms with van der Waals surface area (Å²) in [6.07, 6.45) is 0. The third kappa shape index (κ3) is 5.12. The fourth-order valence-electron chi connectivity index (χ4n) is 1.41. The minimum absolute atomic E-state index is 0.663. The van der Waals surface area contributed by atoms with Crippen LogP contribution < -0.4 is 10.0 Å². The van der Waals surface area contributed by atoms with Crippen LogP contribution in [0.5, 0.6) is 5.75 Å². The molecule has 2 nitrogen and oxygen atoms in total. The maximum absolute atomic E-state index is 8.58. The van der Waals surface area contributed by atoms with Gasteiger partial charge in [0.25, 0.3) is 0 Å². The van der Waals surface area contributed by atoms with E-state index in [1.165, 1.54) is 11.1 Å². The Morgan fingerprint density at radius 2 is 1.53 bits per heavy atom. The van der Waals surface area contributed by atoms with Crippen LogP contribution in [-0.4, -0.2) is 7.11 Å². The molecule has 0 radical (unpaired) electrons. The van der Waals surface area contributed by atoms with Gasteiger partial charge in [-0.25, -0.2) is 0 Å². The van der Waals surface area contributed by atoms with Crippen molar-refractivity contribution in [2.45, 2.75) is 13.8 Å². The number of aryl methyl sites for hydroxylation is 2. The summed E-state index contributed by atoms with van der Waals surface area (Å²) in [5, 5.41) is 9.45. The molecule has 0 saturated heterocycles. The van der Waals surface area contributed by atoms with E-state index in [0.29, 0.717) is 5.56 Å². The van der Waals surface area contributed by atoms with Gasteiger partial charge in [0.15, 0.2) is 0 Å². The van der Waals surface area contributed by atoms with E-state index < -0.39 is 0 Å². The van der Waals surface area contributed by atoms with Gasteiger partial charge in [-0.2, -0.15) is 5.26 Å². The van der Waals surface area contributed by atoms with Crippen molar-refractivity contribution < 1.29 is 4.74 Å². The van der Waals surface area contributed by atoms with Gasteiger partial charge in [-0.1, -0.05) is 35.4 Å². The van der Waals surface area contributed by atoms with Gasteiger partial charge >= 0.3 is 0 Å². The zero-order chi connectivity index (χ0) is 14.3. The molecule has 0 fully saturated rings. The highest BCUT2D eigenvalue weighted by Gasteiger charge is 1.97. The molecule has 0 aliphatic heterocycles. The first-order chi connectivity index (χ1) is 9.06. The predicted octanol–water partition coefficient (Wildman–Crippen LogP) is 3.37. The lowest BCUT2D eigenvalue weighted by Crippen LogP contribution is -1.97. The molecule has 3 heteroatoms. The van der Waals surface area contributed by atoms with Gasteiger partial charge in [0.05, 0.1) is 18.7 Å². The summed E-state index contributed by atoms with van der Waals surface area (Å²) in [6, 6.07) is 15.9. The number of nitriles is 1. The quantitative estimate of drug-likeness (QED) is 0.745. The van der Waals surface area contributed by atoms with Crippen LogP contribution in [0.1, 0.15) is 16.7 Å². The molecule has 0 aromatic heterocycles. The van der Waals surface area contributed by atoms with E-state index in [0.717, 1.165) is 11.1 Å². The zero-order valence-corrected chi connectivity index (χ0v) is 12.6. The number of rotatable bonds is 1. The minimum Gasteiger partial charge on any atom is -0.497 e. The van der Waals surface area contributed by atoms with Gasteiger partial charge < -0.3 is 4.74 Å². The summed E-state index contributed by atoms with van der Waals surface area (Å²) in [7, 11) is 4.10.